The summed E-state index contributed by atoms with van der Waals surface area (Å²) in [7, 11) is 0. The number of nitrogens with one attached hydrogen (secondary N) is 7. The van der Waals surface area contributed by atoms with Gasteiger partial charge in [0.2, 0.25) is 47.3 Å². The van der Waals surface area contributed by atoms with Gasteiger partial charge in [0.25, 0.3) is 0 Å². The first kappa shape index (κ1) is 69.2. The zero-order valence-electron chi connectivity index (χ0n) is 45.6. The summed E-state index contributed by atoms with van der Waals surface area (Å²) >= 11 is 0. The Kier molecular flexibility index (Phi) is 29.0. The molecular formula is C49H77N15O18. The maximum atomic E-state index is 14.6. The Balaban J connectivity index is 2.58. The van der Waals surface area contributed by atoms with Crippen LogP contribution >= 0.6 is 0 Å². The first-order valence-electron chi connectivity index (χ1n) is 26.1. The highest BCUT2D eigenvalue weighted by Crippen LogP contribution is 2.20. The van der Waals surface area contributed by atoms with E-state index in [4.69, 9.17) is 38.9 Å². The van der Waals surface area contributed by atoms with Crippen molar-refractivity contribution in [2.75, 3.05) is 19.6 Å². The summed E-state index contributed by atoms with van der Waals surface area (Å²) in [6.45, 7) is 4.13. The first-order chi connectivity index (χ1) is 38.4. The fourth-order valence-electron chi connectivity index (χ4n) is 8.27. The van der Waals surface area contributed by atoms with Gasteiger partial charge in [-0.1, -0.05) is 32.4 Å². The van der Waals surface area contributed by atoms with Crippen molar-refractivity contribution in [1.82, 2.24) is 42.1 Å². The molecule has 1 fully saturated rings. The fraction of sp³-hybridized carbons (Fsp3) is 0.592. The van der Waals surface area contributed by atoms with Crippen LogP contribution in [0.15, 0.2) is 34.3 Å². The molecular weight excluding hydrogens is 1090 g/mol. The number of guanidine groups is 2. The largest absolute Gasteiger partial charge is 0.508 e. The summed E-state index contributed by atoms with van der Waals surface area (Å²) in [5.74, 6) is -15.9. The topological polar surface area (TPSA) is 568 Å². The number of nitrogens with zero attached hydrogens (tertiary/aromatic N) is 3. The number of aliphatic hydroxyl groups excluding tert-OH is 1. The Morgan fingerprint density at radius 1 is 0.610 bits per heavy atom. The number of phenols is 1. The summed E-state index contributed by atoms with van der Waals surface area (Å²) in [5.41, 5.74) is 28.0. The number of carbonyl (C=O) groups is 12. The fourth-order valence-corrected chi connectivity index (χ4v) is 8.27. The Morgan fingerprint density at radius 2 is 1.09 bits per heavy atom. The van der Waals surface area contributed by atoms with E-state index in [-0.39, 0.29) is 88.7 Å². The number of aromatic hydroxyl groups is 1. The number of hydrogen-bond donors (Lipinski definition) is 18. The van der Waals surface area contributed by atoms with Crippen molar-refractivity contribution in [2.45, 2.75) is 158 Å². The number of benzene rings is 1. The minimum Gasteiger partial charge on any atom is -0.508 e. The van der Waals surface area contributed by atoms with Gasteiger partial charge in [-0.2, -0.15) is 0 Å². The van der Waals surface area contributed by atoms with Gasteiger partial charge in [0.05, 0.1) is 25.0 Å². The van der Waals surface area contributed by atoms with E-state index < -0.39 is 163 Å². The van der Waals surface area contributed by atoms with Crippen molar-refractivity contribution in [3.63, 3.8) is 0 Å². The molecule has 0 saturated carbocycles. The SMILES string of the molecule is CC[C@H](C)[C@H](NC(=O)[C@H](Cc1ccc(O)cc1)NC(=O)[C@H](CCCN=C(N)N)NC(=O)[C@H](CC(=O)O)NC(=O)[C@@H]1CCCN1C(=O)[C@@H](N)CC(=O)O)C(=O)N[C@@H](CCCN=C(N)N)C(=O)N[C@H](C(=O)N[C@@H](CCC(=O)O)C(=O)O)[C@@H](C)O. The molecule has 1 aliphatic rings. The van der Waals surface area contributed by atoms with Gasteiger partial charge in [-0.15, -0.1) is 0 Å². The molecule has 0 aromatic heterocycles. The molecule has 0 bridgehead atoms. The number of amides is 8. The monoisotopic (exact) mass is 1160 g/mol. The highest BCUT2D eigenvalue weighted by atomic mass is 16.4. The number of carboxylic acid groups (broad SMARTS) is 4. The zero-order valence-corrected chi connectivity index (χ0v) is 45.6. The number of aliphatic hydroxyl groups is 1. The number of nitrogens with two attached hydrogens (primary N) is 5. The number of aliphatic imine (C=N–C) groups is 2. The van der Waals surface area contributed by atoms with Crippen molar-refractivity contribution in [3.8, 4) is 5.75 Å². The van der Waals surface area contributed by atoms with Crippen LogP contribution in [0.3, 0.4) is 0 Å². The molecule has 0 spiro atoms. The van der Waals surface area contributed by atoms with E-state index in [9.17, 15) is 78.0 Å². The number of carbonyl (C=O) groups excluding carboxylic acids is 8. The molecule has 1 saturated heterocycles. The molecule has 8 amide bonds. The van der Waals surface area contributed by atoms with E-state index >= 15 is 0 Å². The predicted octanol–water partition coefficient (Wildman–Crippen LogP) is -5.92. The Labute approximate surface area is 470 Å². The van der Waals surface area contributed by atoms with Crippen LogP contribution in [0.5, 0.6) is 5.75 Å². The normalized spacial score (nSPS) is 16.5. The molecule has 82 heavy (non-hydrogen) atoms. The van der Waals surface area contributed by atoms with Gasteiger partial charge < -0.3 is 101 Å². The number of likely N-dealkylation sites (tertiary alicyclic amines) is 1. The van der Waals surface area contributed by atoms with Gasteiger partial charge >= 0.3 is 23.9 Å². The van der Waals surface area contributed by atoms with E-state index in [1.54, 1.807) is 13.8 Å². The molecule has 0 unspecified atom stereocenters. The molecule has 0 radical (unpaired) electrons. The molecule has 1 aliphatic heterocycles. The molecule has 1 heterocycles. The molecule has 456 valence electrons. The van der Waals surface area contributed by atoms with E-state index in [2.05, 4.69) is 47.2 Å². The van der Waals surface area contributed by atoms with E-state index in [0.29, 0.717) is 5.56 Å². The van der Waals surface area contributed by atoms with Gasteiger partial charge in [0.1, 0.15) is 54.1 Å². The summed E-state index contributed by atoms with van der Waals surface area (Å²) in [5, 5.41) is 75.0. The maximum absolute atomic E-state index is 14.6. The van der Waals surface area contributed by atoms with Crippen LogP contribution in [0.25, 0.3) is 0 Å². The smallest absolute Gasteiger partial charge is 0.326 e. The quantitative estimate of drug-likeness (QED) is 0.0169. The zero-order chi connectivity index (χ0) is 62.0. The highest BCUT2D eigenvalue weighted by Gasteiger charge is 2.40. The van der Waals surface area contributed by atoms with Crippen molar-refractivity contribution < 1.29 is 88.2 Å². The van der Waals surface area contributed by atoms with Gasteiger partial charge in [-0.05, 0) is 75.5 Å². The Bertz CT molecular complexity index is 2490. The molecule has 1 aromatic carbocycles. The van der Waals surface area contributed by atoms with Crippen LogP contribution in [0, 0.1) is 5.92 Å². The summed E-state index contributed by atoms with van der Waals surface area (Å²) in [6.07, 6.45) is -5.06. The second kappa shape index (κ2) is 34.3. The Hall–Kier alpha value is -8.88. The van der Waals surface area contributed by atoms with E-state index in [1.807, 2.05) is 0 Å². The van der Waals surface area contributed by atoms with Crippen LogP contribution in [0.4, 0.5) is 0 Å². The lowest BCUT2D eigenvalue weighted by Crippen LogP contribution is -2.62. The van der Waals surface area contributed by atoms with Crippen LogP contribution in [-0.2, 0) is 64.0 Å². The highest BCUT2D eigenvalue weighted by molar-refractivity contribution is 5.99. The standard InChI is InChI=1S/C49H77N15O18/c1-4-23(2)37(44(78)58-29(9-6-18-56-49(53)54)40(74)63-38(24(3)65)45(79)59-30(47(81)82)15-16-34(67)68)62-42(76)31(20-25-11-13-26(66)14-12-25)60-39(73)28(8-5-17-55-48(51)52)57-41(75)32(22-36(71)72)61-43(77)33-10-7-19-64(33)46(80)27(50)21-35(69)70/h11-14,23-24,27-33,37-38,65-66H,4-10,15-22,50H2,1-3H3,(H,57,75)(H,58,78)(H,59,79)(H,60,73)(H,61,77)(H,62,76)(H,63,74)(H,67,68)(H,69,70)(H,71,72)(H,81,82)(H4,51,52,55)(H4,53,54,56)/t23-,24+,27-,28-,29-,30-,31-,32-,33-,37-,38-/m0/s1. The summed E-state index contributed by atoms with van der Waals surface area (Å²) in [6, 6.07) is -9.25. The lowest BCUT2D eigenvalue weighted by molar-refractivity contribution is -0.145. The second-order valence-corrected chi connectivity index (χ2v) is 19.4. The van der Waals surface area contributed by atoms with Crippen molar-refractivity contribution in [2.24, 2.45) is 44.6 Å². The van der Waals surface area contributed by atoms with Gasteiger partial charge in [0.15, 0.2) is 11.9 Å². The number of rotatable bonds is 36. The molecule has 2 rings (SSSR count). The molecule has 33 nitrogen and oxygen atoms in total. The maximum Gasteiger partial charge on any atom is 0.326 e. The number of aliphatic carboxylic acids is 4. The molecule has 1 aromatic rings. The molecule has 0 aliphatic carbocycles. The average molecular weight is 1160 g/mol. The van der Waals surface area contributed by atoms with E-state index in [1.165, 1.54) is 24.3 Å². The molecule has 11 atom stereocenters. The predicted molar refractivity (Wildman–Crippen MR) is 288 cm³/mol. The van der Waals surface area contributed by atoms with Crippen molar-refractivity contribution in [3.05, 3.63) is 29.8 Å². The van der Waals surface area contributed by atoms with Crippen LogP contribution in [0.2, 0.25) is 0 Å². The van der Waals surface area contributed by atoms with E-state index in [0.717, 1.165) is 11.8 Å². The summed E-state index contributed by atoms with van der Waals surface area (Å²) in [4.78, 5) is 166. The lowest BCUT2D eigenvalue weighted by Gasteiger charge is -2.30. The minimum absolute atomic E-state index is 0.00822. The first-order valence-corrected chi connectivity index (χ1v) is 26.1. The van der Waals surface area contributed by atoms with Gasteiger partial charge in [0, 0.05) is 32.5 Å². The summed E-state index contributed by atoms with van der Waals surface area (Å²) < 4.78 is 0. The lowest BCUT2D eigenvalue weighted by atomic mass is 9.96. The number of phenolic OH excluding ortho intramolecular Hbond substituents is 1. The van der Waals surface area contributed by atoms with Crippen molar-refractivity contribution >= 4 is 83.1 Å². The number of carboxylic acids is 4. The molecule has 33 heteroatoms. The third-order valence-corrected chi connectivity index (χ3v) is 12.8. The molecule has 23 N–H and O–H groups in total. The Morgan fingerprint density at radius 3 is 1.59 bits per heavy atom. The van der Waals surface area contributed by atoms with Crippen LogP contribution < -0.4 is 65.9 Å². The van der Waals surface area contributed by atoms with Crippen molar-refractivity contribution in [1.29, 1.82) is 0 Å². The third kappa shape index (κ3) is 24.2. The number of hydrogen-bond acceptors (Lipinski definition) is 17. The van der Waals surface area contributed by atoms with Crippen LogP contribution in [0.1, 0.15) is 97.0 Å². The van der Waals surface area contributed by atoms with Gasteiger partial charge in [-0.25, -0.2) is 4.79 Å². The minimum atomic E-state index is -1.89. The second-order valence-electron chi connectivity index (χ2n) is 19.4. The van der Waals surface area contributed by atoms with Crippen LogP contribution in [-0.4, -0.2) is 199 Å². The third-order valence-electron chi connectivity index (χ3n) is 12.8. The van der Waals surface area contributed by atoms with Gasteiger partial charge in [-0.3, -0.25) is 62.7 Å². The average Bonchev–Trinajstić information content (AvgIpc) is 3.89.